The molecule has 7 rings (SSSR count). The zero-order valence-electron chi connectivity index (χ0n) is 27.6. The number of ketones is 1. The first-order valence-electron chi connectivity index (χ1n) is 16.4. The number of carbonyl (C=O) groups is 4. The quantitative estimate of drug-likeness (QED) is 0.235. The van der Waals surface area contributed by atoms with E-state index in [1.165, 1.54) is 6.26 Å². The van der Waals surface area contributed by atoms with Gasteiger partial charge in [-0.05, 0) is 37.3 Å². The highest BCUT2D eigenvalue weighted by atomic mass is 16.7. The highest BCUT2D eigenvalue weighted by molar-refractivity contribution is 5.91. The fourth-order valence-electron chi connectivity index (χ4n) is 11.4. The van der Waals surface area contributed by atoms with Gasteiger partial charge in [0.25, 0.3) is 0 Å². The summed E-state index contributed by atoms with van der Waals surface area (Å²) in [7, 11) is 0. The number of Topliss-reactive ketones (excluding diaryl/α,β-unsaturated/α-hetero) is 1. The second kappa shape index (κ2) is 10.1. The van der Waals surface area contributed by atoms with E-state index >= 15 is 0 Å². The third-order valence-corrected chi connectivity index (χ3v) is 13.3. The fraction of sp³-hybridized carbons (Fsp3) is 0.765. The summed E-state index contributed by atoms with van der Waals surface area (Å²) in [4.78, 5) is 53.1. The standard InChI is InChI=1S/C34H44O13/c1-14(2)28(41)46-29-30(5)19-11-20(37)32(7)24(33(19,13-43-29)26(40)23(44-15(3)35)27(30)45-16(4)36)22(38)25(39)31(6)18(17-8-9-42-12-17)10-21-34(31,32)47-21/h8-9,12,14,18-21,23-27,29,37,39-40H,10-11,13H2,1-7H3/t18-,19-,20+,21+,23+,24-,25-,26-,27+,29-,30+,31+,32+,33-,34+/m1/s1. The van der Waals surface area contributed by atoms with Crippen molar-refractivity contribution in [3.05, 3.63) is 24.2 Å². The molecule has 1 aromatic heterocycles. The summed E-state index contributed by atoms with van der Waals surface area (Å²) in [5, 5.41) is 37.1. The predicted octanol–water partition coefficient (Wildman–Crippen LogP) is 1.64. The maximum Gasteiger partial charge on any atom is 0.310 e. The molecule has 4 aliphatic carbocycles. The largest absolute Gasteiger partial charge is 0.472 e. The van der Waals surface area contributed by atoms with E-state index in [1.807, 2.05) is 6.92 Å². The summed E-state index contributed by atoms with van der Waals surface area (Å²) in [5.41, 5.74) is -6.04. The lowest BCUT2D eigenvalue weighted by molar-refractivity contribution is -0.391. The van der Waals surface area contributed by atoms with Crippen LogP contribution in [0.3, 0.4) is 0 Å². The molecule has 0 radical (unpaired) electrons. The minimum atomic E-state index is -1.66. The van der Waals surface area contributed by atoms with E-state index in [1.54, 1.807) is 40.0 Å². The summed E-state index contributed by atoms with van der Waals surface area (Å²) < 4.78 is 35.6. The maximum atomic E-state index is 15.0. The molecule has 1 spiro atoms. The van der Waals surface area contributed by atoms with Crippen molar-refractivity contribution in [2.24, 2.45) is 39.4 Å². The Balaban J connectivity index is 1.43. The van der Waals surface area contributed by atoms with E-state index < -0.39 is 112 Å². The van der Waals surface area contributed by atoms with Crippen molar-refractivity contribution in [3.63, 3.8) is 0 Å². The van der Waals surface area contributed by atoms with Crippen molar-refractivity contribution in [3.8, 4) is 0 Å². The minimum Gasteiger partial charge on any atom is -0.472 e. The van der Waals surface area contributed by atoms with Gasteiger partial charge in [-0.15, -0.1) is 0 Å². The highest BCUT2D eigenvalue weighted by Crippen LogP contribution is 2.82. The molecule has 6 fully saturated rings. The smallest absolute Gasteiger partial charge is 0.310 e. The molecular formula is C34H44O13. The Morgan fingerprint density at radius 2 is 1.66 bits per heavy atom. The van der Waals surface area contributed by atoms with Crippen molar-refractivity contribution in [2.45, 2.75) is 116 Å². The molecule has 47 heavy (non-hydrogen) atoms. The number of furan rings is 1. The Bertz CT molecular complexity index is 1510. The van der Waals surface area contributed by atoms with Crippen LogP contribution in [0.4, 0.5) is 0 Å². The molecule has 2 saturated heterocycles. The van der Waals surface area contributed by atoms with Crippen LogP contribution >= 0.6 is 0 Å². The van der Waals surface area contributed by atoms with Crippen molar-refractivity contribution in [2.75, 3.05) is 6.61 Å². The number of esters is 3. The number of rotatable bonds is 5. The first-order valence-corrected chi connectivity index (χ1v) is 16.4. The normalized spacial score (nSPS) is 50.8. The van der Waals surface area contributed by atoms with Crippen LogP contribution in [0.25, 0.3) is 0 Å². The van der Waals surface area contributed by atoms with Gasteiger partial charge in [-0.2, -0.15) is 0 Å². The van der Waals surface area contributed by atoms with Gasteiger partial charge in [0.15, 0.2) is 18.0 Å². The molecule has 1 aromatic rings. The van der Waals surface area contributed by atoms with Gasteiger partial charge in [-0.3, -0.25) is 19.2 Å². The molecule has 0 amide bonds. The molecule has 6 aliphatic rings. The Morgan fingerprint density at radius 1 is 0.979 bits per heavy atom. The van der Waals surface area contributed by atoms with E-state index in [-0.39, 0.29) is 18.9 Å². The number of carbonyl (C=O) groups excluding carboxylic acids is 4. The molecule has 0 unspecified atom stereocenters. The first kappa shape index (κ1) is 32.7. The summed E-state index contributed by atoms with van der Waals surface area (Å²) in [5.74, 6) is -5.77. The van der Waals surface area contributed by atoms with Gasteiger partial charge in [-0.25, -0.2) is 0 Å². The van der Waals surface area contributed by atoms with Gasteiger partial charge in [-0.1, -0.05) is 27.7 Å². The minimum absolute atomic E-state index is 0.0299. The van der Waals surface area contributed by atoms with Crippen LogP contribution < -0.4 is 0 Å². The summed E-state index contributed by atoms with van der Waals surface area (Å²) in [6.45, 7) is 10.5. The Kier molecular flexibility index (Phi) is 7.02. The maximum absolute atomic E-state index is 15.0. The van der Waals surface area contributed by atoms with Crippen molar-refractivity contribution in [1.29, 1.82) is 0 Å². The summed E-state index contributed by atoms with van der Waals surface area (Å²) in [6, 6.07) is 1.80. The average Bonchev–Trinajstić information content (AvgIpc) is 3.35. The summed E-state index contributed by atoms with van der Waals surface area (Å²) in [6.07, 6.45) is -5.57. The van der Waals surface area contributed by atoms with E-state index in [0.29, 0.717) is 6.42 Å². The van der Waals surface area contributed by atoms with Gasteiger partial charge in [0.1, 0.15) is 17.8 Å². The number of hydrogen-bond donors (Lipinski definition) is 3. The Labute approximate surface area is 272 Å². The molecule has 13 nitrogen and oxygen atoms in total. The molecule has 0 aromatic carbocycles. The van der Waals surface area contributed by atoms with Crippen LogP contribution in [0, 0.1) is 39.4 Å². The number of fused-ring (bicyclic) bond motifs is 1. The van der Waals surface area contributed by atoms with Crippen LogP contribution in [-0.2, 0) is 42.9 Å². The second-order valence-corrected chi connectivity index (χ2v) is 15.6. The lowest BCUT2D eigenvalue weighted by atomic mass is 9.33. The van der Waals surface area contributed by atoms with E-state index in [0.717, 1.165) is 19.4 Å². The van der Waals surface area contributed by atoms with Crippen molar-refractivity contribution < 1.29 is 62.6 Å². The average molecular weight is 661 g/mol. The molecular weight excluding hydrogens is 616 g/mol. The van der Waals surface area contributed by atoms with Gasteiger partial charge in [0.05, 0.1) is 42.7 Å². The number of ether oxygens (including phenoxy) is 5. The van der Waals surface area contributed by atoms with Crippen LogP contribution in [0.2, 0.25) is 0 Å². The Morgan fingerprint density at radius 3 is 2.26 bits per heavy atom. The zero-order chi connectivity index (χ0) is 34.2. The lowest BCUT2D eigenvalue weighted by Crippen LogP contribution is -2.84. The third-order valence-electron chi connectivity index (χ3n) is 13.3. The van der Waals surface area contributed by atoms with Gasteiger partial charge >= 0.3 is 17.9 Å². The third kappa shape index (κ3) is 3.67. The predicted molar refractivity (Wildman–Crippen MR) is 157 cm³/mol. The molecule has 3 N–H and O–H groups in total. The monoisotopic (exact) mass is 660 g/mol. The number of epoxide rings is 1. The first-order chi connectivity index (χ1) is 21.9. The number of aliphatic hydroxyl groups is 3. The van der Waals surface area contributed by atoms with Crippen LogP contribution in [0.15, 0.2) is 23.0 Å². The lowest BCUT2D eigenvalue weighted by Gasteiger charge is -2.73. The van der Waals surface area contributed by atoms with Crippen molar-refractivity contribution in [1.82, 2.24) is 0 Å². The van der Waals surface area contributed by atoms with Gasteiger partial charge in [0, 0.05) is 41.9 Å². The molecule has 3 heterocycles. The molecule has 4 saturated carbocycles. The molecule has 2 aliphatic heterocycles. The zero-order valence-corrected chi connectivity index (χ0v) is 27.6. The van der Waals surface area contributed by atoms with E-state index in [9.17, 15) is 34.5 Å². The number of aliphatic hydroxyl groups excluding tert-OH is 3. The second-order valence-electron chi connectivity index (χ2n) is 15.6. The van der Waals surface area contributed by atoms with Crippen LogP contribution in [-0.4, -0.2) is 94.1 Å². The van der Waals surface area contributed by atoms with Gasteiger partial charge < -0.3 is 43.4 Å². The molecule has 15 atom stereocenters. The van der Waals surface area contributed by atoms with Crippen LogP contribution in [0.1, 0.15) is 72.8 Å². The Hall–Kier alpha value is -2.84. The van der Waals surface area contributed by atoms with E-state index in [2.05, 4.69) is 0 Å². The number of hydrogen-bond acceptors (Lipinski definition) is 13. The SMILES string of the molecule is CC(=O)O[C@H]1[C@@H](O)[C@]23CO[C@H](OC(=O)C(C)C)[C@@](C)([C@H]2C[C@H](O)[C@@]2(C)[C@H]3C(=O)[C@@H](O)[C@]3(C)[C@@H](c4ccoc4)C[C@@H]4O[C@]423)[C@H]1OC(C)=O. The molecule has 2 bridgehead atoms. The highest BCUT2D eigenvalue weighted by Gasteiger charge is 2.92. The topological polar surface area (TPSA) is 192 Å². The van der Waals surface area contributed by atoms with E-state index in [4.69, 9.17) is 28.1 Å². The molecule has 258 valence electrons. The van der Waals surface area contributed by atoms with Crippen molar-refractivity contribution >= 4 is 23.7 Å². The fourth-order valence-corrected chi connectivity index (χ4v) is 11.4. The van der Waals surface area contributed by atoms with Crippen LogP contribution in [0.5, 0.6) is 0 Å². The molecule has 13 heteroatoms. The summed E-state index contributed by atoms with van der Waals surface area (Å²) >= 11 is 0. The van der Waals surface area contributed by atoms with Gasteiger partial charge in [0.2, 0.25) is 6.29 Å².